The highest BCUT2D eigenvalue weighted by Crippen LogP contribution is 2.15. The molecule has 0 saturated heterocycles. The highest BCUT2D eigenvalue weighted by atomic mass is 14.9. The molecule has 0 aromatic rings. The van der Waals surface area contributed by atoms with Gasteiger partial charge in [0.25, 0.3) is 0 Å². The van der Waals surface area contributed by atoms with Gasteiger partial charge in [-0.3, -0.25) is 0 Å². The normalized spacial score (nSPS) is 15.5. The van der Waals surface area contributed by atoms with Crippen LogP contribution in [0.4, 0.5) is 0 Å². The van der Waals surface area contributed by atoms with Gasteiger partial charge in [0, 0.05) is 12.1 Å². The van der Waals surface area contributed by atoms with E-state index >= 15 is 0 Å². The van der Waals surface area contributed by atoms with Crippen molar-refractivity contribution >= 4 is 0 Å². The van der Waals surface area contributed by atoms with Crippen molar-refractivity contribution in [1.82, 2.24) is 5.32 Å². The minimum Gasteiger partial charge on any atom is -0.235 e. The molecule has 0 amide bonds. The molecule has 0 bridgehead atoms. The molecule has 2 unspecified atom stereocenters. The maximum Gasteiger partial charge on any atom is 0.0246 e. The van der Waals surface area contributed by atoms with Crippen LogP contribution in [0, 0.1) is 11.8 Å². The lowest BCUT2D eigenvalue weighted by Gasteiger charge is -2.23. The van der Waals surface area contributed by atoms with Crippen LogP contribution in [0.25, 0.3) is 0 Å². The fourth-order valence-corrected chi connectivity index (χ4v) is 2.12. The van der Waals surface area contributed by atoms with E-state index < -0.39 is 0 Å². The minimum absolute atomic E-state index is 0.606. The Labute approximate surface area is 110 Å². The van der Waals surface area contributed by atoms with E-state index in [9.17, 15) is 0 Å². The Hall–Kier alpha value is -0.0400. The summed E-state index contributed by atoms with van der Waals surface area (Å²) in [5.74, 6) is 1.63. The van der Waals surface area contributed by atoms with E-state index in [1.807, 2.05) is 0 Å². The molecule has 0 heterocycles. The van der Waals surface area contributed by atoms with Crippen molar-refractivity contribution in [2.75, 3.05) is 0 Å². The van der Waals surface area contributed by atoms with Crippen LogP contribution in [-0.2, 0) is 0 Å². The van der Waals surface area contributed by atoms with E-state index in [-0.39, 0.29) is 0 Å². The topological polar surface area (TPSA) is 14.1 Å². The van der Waals surface area contributed by atoms with Gasteiger partial charge in [-0.2, -0.15) is 0 Å². The van der Waals surface area contributed by atoms with Crippen LogP contribution >= 0.6 is 0 Å². The molecular formula is C16H34N. The molecule has 0 rings (SSSR count). The van der Waals surface area contributed by atoms with Crippen LogP contribution in [-0.4, -0.2) is 12.1 Å². The molecule has 0 spiro atoms. The molecule has 0 aliphatic rings. The lowest BCUT2D eigenvalue weighted by Crippen LogP contribution is -2.31. The molecule has 0 N–H and O–H groups in total. The van der Waals surface area contributed by atoms with Crippen LogP contribution < -0.4 is 5.32 Å². The Kier molecular flexibility index (Phi) is 9.91. The fourth-order valence-electron chi connectivity index (χ4n) is 2.12. The minimum atomic E-state index is 0.606. The van der Waals surface area contributed by atoms with E-state index in [0.717, 1.165) is 11.8 Å². The quantitative estimate of drug-likeness (QED) is 0.509. The molecule has 0 saturated carbocycles. The molecule has 1 nitrogen and oxygen atoms in total. The van der Waals surface area contributed by atoms with E-state index in [2.05, 4.69) is 41.5 Å². The molecule has 0 aromatic heterocycles. The maximum absolute atomic E-state index is 5.06. The molecule has 103 valence electrons. The van der Waals surface area contributed by atoms with E-state index in [1.54, 1.807) is 0 Å². The van der Waals surface area contributed by atoms with E-state index in [4.69, 9.17) is 5.32 Å². The van der Waals surface area contributed by atoms with Gasteiger partial charge in [0.2, 0.25) is 0 Å². The SMILES string of the molecule is CCC(CCC(C)C)[N]C(CC)CCC(C)C. The third kappa shape index (κ3) is 9.64. The summed E-state index contributed by atoms with van der Waals surface area (Å²) in [5.41, 5.74) is 0. The van der Waals surface area contributed by atoms with Gasteiger partial charge in [0.15, 0.2) is 0 Å². The Bertz CT molecular complexity index is 145. The standard InChI is InChI=1S/C16H34N/c1-7-15(11-9-13(3)4)17-16(8-2)12-10-14(5)6/h13-16H,7-12H2,1-6H3. The molecular weight excluding hydrogens is 206 g/mol. The summed E-state index contributed by atoms with van der Waals surface area (Å²) in [6.07, 6.45) is 7.64. The van der Waals surface area contributed by atoms with Gasteiger partial charge in [-0.15, -0.1) is 0 Å². The van der Waals surface area contributed by atoms with Crippen LogP contribution in [0.15, 0.2) is 0 Å². The number of rotatable bonds is 10. The Morgan fingerprint density at radius 1 is 0.647 bits per heavy atom. The first kappa shape index (κ1) is 17.0. The summed E-state index contributed by atoms with van der Waals surface area (Å²) in [4.78, 5) is 0. The number of nitrogens with zero attached hydrogens (tertiary/aromatic N) is 1. The Morgan fingerprint density at radius 2 is 1.00 bits per heavy atom. The van der Waals surface area contributed by atoms with Gasteiger partial charge in [0.05, 0.1) is 0 Å². The van der Waals surface area contributed by atoms with Crippen molar-refractivity contribution in [2.45, 2.75) is 92.2 Å². The van der Waals surface area contributed by atoms with Crippen molar-refractivity contribution in [3.8, 4) is 0 Å². The molecule has 1 radical (unpaired) electrons. The summed E-state index contributed by atoms with van der Waals surface area (Å²) in [7, 11) is 0. The predicted molar refractivity (Wildman–Crippen MR) is 78.4 cm³/mol. The third-order valence-corrected chi connectivity index (χ3v) is 3.52. The predicted octanol–water partition coefficient (Wildman–Crippen LogP) is 5.02. The second-order valence-corrected chi connectivity index (χ2v) is 6.22. The Morgan fingerprint density at radius 3 is 1.24 bits per heavy atom. The van der Waals surface area contributed by atoms with Gasteiger partial charge in [0.1, 0.15) is 0 Å². The monoisotopic (exact) mass is 240 g/mol. The van der Waals surface area contributed by atoms with Gasteiger partial charge >= 0.3 is 0 Å². The van der Waals surface area contributed by atoms with Crippen LogP contribution in [0.2, 0.25) is 0 Å². The van der Waals surface area contributed by atoms with Crippen molar-refractivity contribution in [1.29, 1.82) is 0 Å². The summed E-state index contributed by atoms with van der Waals surface area (Å²) in [6.45, 7) is 13.8. The van der Waals surface area contributed by atoms with Crippen LogP contribution in [0.3, 0.4) is 0 Å². The number of hydrogen-bond acceptors (Lipinski definition) is 0. The zero-order valence-electron chi connectivity index (χ0n) is 13.0. The second kappa shape index (κ2) is 9.94. The second-order valence-electron chi connectivity index (χ2n) is 6.22. The van der Waals surface area contributed by atoms with Crippen molar-refractivity contribution in [3.63, 3.8) is 0 Å². The lowest BCUT2D eigenvalue weighted by atomic mass is 9.98. The molecule has 0 aromatic carbocycles. The number of hydrogen-bond donors (Lipinski definition) is 0. The zero-order chi connectivity index (χ0) is 13.3. The van der Waals surface area contributed by atoms with Crippen LogP contribution in [0.1, 0.15) is 80.1 Å². The Balaban J connectivity index is 3.94. The smallest absolute Gasteiger partial charge is 0.0246 e. The lowest BCUT2D eigenvalue weighted by molar-refractivity contribution is 0.333. The maximum atomic E-state index is 5.06. The van der Waals surface area contributed by atoms with E-state index in [1.165, 1.54) is 38.5 Å². The van der Waals surface area contributed by atoms with Gasteiger partial charge < -0.3 is 0 Å². The molecule has 0 fully saturated rings. The van der Waals surface area contributed by atoms with Crippen molar-refractivity contribution in [3.05, 3.63) is 0 Å². The summed E-state index contributed by atoms with van der Waals surface area (Å²) >= 11 is 0. The molecule has 2 atom stereocenters. The molecule has 0 aliphatic heterocycles. The first-order chi connectivity index (χ1) is 7.99. The third-order valence-electron chi connectivity index (χ3n) is 3.52. The molecule has 1 heteroatoms. The highest BCUT2D eigenvalue weighted by molar-refractivity contribution is 4.73. The average molecular weight is 240 g/mol. The van der Waals surface area contributed by atoms with Crippen molar-refractivity contribution in [2.24, 2.45) is 11.8 Å². The zero-order valence-corrected chi connectivity index (χ0v) is 13.0. The first-order valence-corrected chi connectivity index (χ1v) is 7.69. The fraction of sp³-hybridized carbons (Fsp3) is 1.00. The summed E-state index contributed by atoms with van der Waals surface area (Å²) < 4.78 is 0. The molecule has 0 aliphatic carbocycles. The van der Waals surface area contributed by atoms with Gasteiger partial charge in [-0.1, -0.05) is 41.5 Å². The molecule has 17 heavy (non-hydrogen) atoms. The van der Waals surface area contributed by atoms with Gasteiger partial charge in [-0.25, -0.2) is 5.32 Å². The largest absolute Gasteiger partial charge is 0.235 e. The van der Waals surface area contributed by atoms with E-state index in [0.29, 0.717) is 12.1 Å². The van der Waals surface area contributed by atoms with Gasteiger partial charge in [-0.05, 0) is 50.4 Å². The van der Waals surface area contributed by atoms with Crippen molar-refractivity contribution < 1.29 is 0 Å². The average Bonchev–Trinajstić information content (AvgIpc) is 2.27. The highest BCUT2D eigenvalue weighted by Gasteiger charge is 2.15. The summed E-state index contributed by atoms with van der Waals surface area (Å²) in [5, 5.41) is 5.06. The van der Waals surface area contributed by atoms with Crippen LogP contribution in [0.5, 0.6) is 0 Å². The summed E-state index contributed by atoms with van der Waals surface area (Å²) in [6, 6.07) is 1.21. The first-order valence-electron chi connectivity index (χ1n) is 7.69.